The van der Waals surface area contributed by atoms with Gasteiger partial charge in [0.2, 0.25) is 0 Å². The number of carbonyl (C=O) groups excluding carboxylic acids is 1. The molecule has 0 heterocycles. The Kier molecular flexibility index (Phi) is 3.28. The molecule has 1 aromatic rings. The summed E-state index contributed by atoms with van der Waals surface area (Å²) in [5.41, 5.74) is 2.00. The number of urea groups is 1. The number of fused-ring (bicyclic) bond motifs is 2. The van der Waals surface area contributed by atoms with Gasteiger partial charge < -0.3 is 10.6 Å². The van der Waals surface area contributed by atoms with Crippen LogP contribution in [-0.2, 0) is 0 Å². The number of rotatable bonds is 3. The molecule has 2 amide bonds. The zero-order valence-electron chi connectivity index (χ0n) is 11.2. The second-order valence-corrected chi connectivity index (χ2v) is 5.74. The third-order valence-corrected chi connectivity index (χ3v) is 4.22. The standard InChI is InChI=1S/C16H20N2O/c1-11-3-2-4-15(7-11)18-16(19)17-10-14-9-12-5-6-13(14)8-12/h2-7,12-14H,8-10H2,1H3,(H2,17,18,19). The lowest BCUT2D eigenvalue weighted by molar-refractivity contribution is 0.249. The number of anilines is 1. The fourth-order valence-electron chi connectivity index (χ4n) is 3.25. The Morgan fingerprint density at radius 2 is 2.21 bits per heavy atom. The molecule has 3 heteroatoms. The summed E-state index contributed by atoms with van der Waals surface area (Å²) in [6, 6.07) is 7.75. The molecular formula is C16H20N2O. The summed E-state index contributed by atoms with van der Waals surface area (Å²) in [7, 11) is 0. The van der Waals surface area contributed by atoms with E-state index in [1.54, 1.807) is 0 Å². The molecule has 3 rings (SSSR count). The summed E-state index contributed by atoms with van der Waals surface area (Å²) in [5, 5.41) is 5.88. The summed E-state index contributed by atoms with van der Waals surface area (Å²) >= 11 is 0. The van der Waals surface area contributed by atoms with Gasteiger partial charge in [-0.05, 0) is 55.2 Å². The number of nitrogens with one attached hydrogen (secondary N) is 2. The van der Waals surface area contributed by atoms with E-state index in [0.29, 0.717) is 11.8 Å². The first kappa shape index (κ1) is 12.3. The quantitative estimate of drug-likeness (QED) is 0.800. The number of allylic oxidation sites excluding steroid dienone is 2. The first-order valence-corrected chi connectivity index (χ1v) is 7.00. The molecule has 1 aromatic carbocycles. The van der Waals surface area contributed by atoms with Gasteiger partial charge >= 0.3 is 6.03 Å². The van der Waals surface area contributed by atoms with E-state index in [-0.39, 0.29) is 6.03 Å². The monoisotopic (exact) mass is 256 g/mol. The molecule has 2 bridgehead atoms. The predicted molar refractivity (Wildman–Crippen MR) is 77.0 cm³/mol. The minimum Gasteiger partial charge on any atom is -0.338 e. The fourth-order valence-corrected chi connectivity index (χ4v) is 3.25. The van der Waals surface area contributed by atoms with Crippen molar-refractivity contribution in [2.45, 2.75) is 19.8 Å². The minimum atomic E-state index is -0.0997. The molecule has 0 spiro atoms. The van der Waals surface area contributed by atoms with Crippen LogP contribution < -0.4 is 10.6 Å². The van der Waals surface area contributed by atoms with Crippen molar-refractivity contribution in [3.8, 4) is 0 Å². The van der Waals surface area contributed by atoms with Crippen LogP contribution in [0, 0.1) is 24.7 Å². The summed E-state index contributed by atoms with van der Waals surface area (Å²) in [4.78, 5) is 11.8. The Balaban J connectivity index is 1.48. The van der Waals surface area contributed by atoms with E-state index in [1.807, 2.05) is 31.2 Å². The molecule has 1 fully saturated rings. The Morgan fingerprint density at radius 1 is 1.32 bits per heavy atom. The fraction of sp³-hybridized carbons (Fsp3) is 0.438. The van der Waals surface area contributed by atoms with E-state index in [9.17, 15) is 4.79 Å². The molecule has 0 saturated heterocycles. The lowest BCUT2D eigenvalue weighted by Crippen LogP contribution is -2.34. The smallest absolute Gasteiger partial charge is 0.319 e. The summed E-state index contributed by atoms with van der Waals surface area (Å²) in [6.07, 6.45) is 7.16. The summed E-state index contributed by atoms with van der Waals surface area (Å²) < 4.78 is 0. The van der Waals surface area contributed by atoms with Crippen molar-refractivity contribution < 1.29 is 4.79 Å². The van der Waals surface area contributed by atoms with Gasteiger partial charge in [0, 0.05) is 12.2 Å². The topological polar surface area (TPSA) is 41.1 Å². The number of carbonyl (C=O) groups is 1. The second-order valence-electron chi connectivity index (χ2n) is 5.74. The predicted octanol–water partition coefficient (Wildman–Crippen LogP) is 3.33. The molecule has 0 aromatic heterocycles. The van der Waals surface area contributed by atoms with E-state index in [4.69, 9.17) is 0 Å². The van der Waals surface area contributed by atoms with Gasteiger partial charge in [-0.3, -0.25) is 0 Å². The highest BCUT2D eigenvalue weighted by Crippen LogP contribution is 2.42. The first-order valence-electron chi connectivity index (χ1n) is 7.00. The van der Waals surface area contributed by atoms with Crippen LogP contribution in [0.4, 0.5) is 10.5 Å². The average molecular weight is 256 g/mol. The van der Waals surface area contributed by atoms with Crippen LogP contribution in [0.25, 0.3) is 0 Å². The molecule has 19 heavy (non-hydrogen) atoms. The van der Waals surface area contributed by atoms with Crippen molar-refractivity contribution in [2.75, 3.05) is 11.9 Å². The van der Waals surface area contributed by atoms with Crippen molar-refractivity contribution in [1.29, 1.82) is 0 Å². The van der Waals surface area contributed by atoms with Crippen molar-refractivity contribution in [3.63, 3.8) is 0 Å². The van der Waals surface area contributed by atoms with Crippen molar-refractivity contribution in [1.82, 2.24) is 5.32 Å². The first-order chi connectivity index (χ1) is 9.20. The van der Waals surface area contributed by atoms with E-state index in [1.165, 1.54) is 12.8 Å². The molecule has 2 N–H and O–H groups in total. The zero-order chi connectivity index (χ0) is 13.2. The second kappa shape index (κ2) is 5.08. The van der Waals surface area contributed by atoms with E-state index < -0.39 is 0 Å². The minimum absolute atomic E-state index is 0.0997. The van der Waals surface area contributed by atoms with Gasteiger partial charge in [0.15, 0.2) is 0 Å². The van der Waals surface area contributed by atoms with Crippen LogP contribution in [0.2, 0.25) is 0 Å². The van der Waals surface area contributed by atoms with Crippen molar-refractivity contribution in [3.05, 3.63) is 42.0 Å². The van der Waals surface area contributed by atoms with Crippen LogP contribution in [-0.4, -0.2) is 12.6 Å². The van der Waals surface area contributed by atoms with Crippen molar-refractivity contribution in [2.24, 2.45) is 17.8 Å². The molecule has 3 atom stereocenters. The molecule has 100 valence electrons. The van der Waals surface area contributed by atoms with Gasteiger partial charge in [-0.25, -0.2) is 4.79 Å². The van der Waals surface area contributed by atoms with Crippen LogP contribution in [0.5, 0.6) is 0 Å². The highest BCUT2D eigenvalue weighted by Gasteiger charge is 2.35. The summed E-state index contributed by atoms with van der Waals surface area (Å²) in [5.74, 6) is 2.07. The van der Waals surface area contributed by atoms with Crippen molar-refractivity contribution >= 4 is 11.7 Å². The lowest BCUT2D eigenvalue weighted by atomic mass is 9.94. The number of amides is 2. The Morgan fingerprint density at radius 3 is 2.89 bits per heavy atom. The molecule has 0 aliphatic heterocycles. The third-order valence-electron chi connectivity index (χ3n) is 4.22. The lowest BCUT2D eigenvalue weighted by Gasteiger charge is -2.18. The molecule has 2 aliphatic rings. The van der Waals surface area contributed by atoms with E-state index in [0.717, 1.165) is 23.7 Å². The van der Waals surface area contributed by atoms with Gasteiger partial charge in [-0.2, -0.15) is 0 Å². The molecule has 0 radical (unpaired) electrons. The van der Waals surface area contributed by atoms with Crippen LogP contribution in [0.1, 0.15) is 18.4 Å². The maximum atomic E-state index is 11.8. The molecule has 3 unspecified atom stereocenters. The molecular weight excluding hydrogens is 236 g/mol. The van der Waals surface area contributed by atoms with E-state index >= 15 is 0 Å². The van der Waals surface area contributed by atoms with Gasteiger partial charge in [0.25, 0.3) is 0 Å². The zero-order valence-corrected chi connectivity index (χ0v) is 11.2. The Bertz CT molecular complexity index is 509. The maximum absolute atomic E-state index is 11.8. The number of hydrogen-bond acceptors (Lipinski definition) is 1. The normalized spacial score (nSPS) is 27.5. The highest BCUT2D eigenvalue weighted by atomic mass is 16.2. The van der Waals surface area contributed by atoms with E-state index in [2.05, 4.69) is 22.8 Å². The highest BCUT2D eigenvalue weighted by molar-refractivity contribution is 5.89. The summed E-state index contributed by atoms with van der Waals surface area (Å²) in [6.45, 7) is 2.80. The molecule has 2 aliphatic carbocycles. The van der Waals surface area contributed by atoms with Gasteiger partial charge in [0.05, 0.1) is 0 Å². The number of aryl methyl sites for hydroxylation is 1. The Labute approximate surface area is 114 Å². The number of benzene rings is 1. The van der Waals surface area contributed by atoms with Crippen LogP contribution >= 0.6 is 0 Å². The van der Waals surface area contributed by atoms with Gasteiger partial charge in [-0.15, -0.1) is 0 Å². The number of hydrogen-bond donors (Lipinski definition) is 2. The average Bonchev–Trinajstić information content (AvgIpc) is 2.98. The third kappa shape index (κ3) is 2.80. The Hall–Kier alpha value is -1.77. The largest absolute Gasteiger partial charge is 0.338 e. The van der Waals surface area contributed by atoms with Crippen LogP contribution in [0.3, 0.4) is 0 Å². The maximum Gasteiger partial charge on any atom is 0.319 e. The van der Waals surface area contributed by atoms with Gasteiger partial charge in [-0.1, -0.05) is 24.3 Å². The van der Waals surface area contributed by atoms with Crippen LogP contribution in [0.15, 0.2) is 36.4 Å². The SMILES string of the molecule is Cc1cccc(NC(=O)NCC2CC3C=CC2C3)c1. The molecule has 3 nitrogen and oxygen atoms in total. The van der Waals surface area contributed by atoms with Gasteiger partial charge in [0.1, 0.15) is 0 Å². The molecule has 1 saturated carbocycles.